The third-order valence-electron chi connectivity index (χ3n) is 7.37. The molecule has 0 spiro atoms. The Morgan fingerprint density at radius 2 is 1.72 bits per heavy atom. The van der Waals surface area contributed by atoms with Crippen molar-refractivity contribution in [1.29, 1.82) is 5.26 Å². The molecule has 2 aromatic heterocycles. The first-order valence-corrected chi connectivity index (χ1v) is 12.8. The van der Waals surface area contributed by atoms with Crippen molar-refractivity contribution in [3.05, 3.63) is 77.6 Å². The predicted molar refractivity (Wildman–Crippen MR) is 144 cm³/mol. The Bertz CT molecular complexity index is 1470. The van der Waals surface area contributed by atoms with E-state index in [-0.39, 0.29) is 12.2 Å². The van der Waals surface area contributed by atoms with Crippen LogP contribution >= 0.6 is 0 Å². The summed E-state index contributed by atoms with van der Waals surface area (Å²) in [5.74, 6) is 1.56. The van der Waals surface area contributed by atoms with Gasteiger partial charge in [0, 0.05) is 47.6 Å². The summed E-state index contributed by atoms with van der Waals surface area (Å²) in [6.07, 6.45) is 6.87. The van der Waals surface area contributed by atoms with Crippen LogP contribution in [0.2, 0.25) is 0 Å². The lowest BCUT2D eigenvalue weighted by Crippen LogP contribution is -2.45. The van der Waals surface area contributed by atoms with E-state index >= 15 is 0 Å². The zero-order chi connectivity index (χ0) is 24.8. The number of hydrogen-bond donors (Lipinski definition) is 0. The number of nitrogens with zero attached hydrogens (tertiary/aromatic N) is 4. The minimum Gasteiger partial charge on any atom is -0.372 e. The number of pyridine rings is 2. The topological polar surface area (TPSA) is 62.0 Å². The van der Waals surface area contributed by atoms with Gasteiger partial charge in [0.05, 0.1) is 29.4 Å². The number of nitriles is 1. The number of morpholine rings is 1. The lowest BCUT2D eigenvalue weighted by molar-refractivity contribution is -0.00545. The average Bonchev–Trinajstić information content (AvgIpc) is 3.72. The van der Waals surface area contributed by atoms with Gasteiger partial charge in [-0.15, -0.1) is 0 Å². The highest BCUT2D eigenvalue weighted by molar-refractivity contribution is 5.99. The van der Waals surface area contributed by atoms with E-state index in [4.69, 9.17) is 14.7 Å². The number of para-hydroxylation sites is 1. The molecule has 5 heteroatoms. The van der Waals surface area contributed by atoms with E-state index in [0.717, 1.165) is 46.7 Å². The Kier molecular flexibility index (Phi) is 5.70. The highest BCUT2D eigenvalue weighted by Crippen LogP contribution is 2.48. The Morgan fingerprint density at radius 1 is 0.917 bits per heavy atom. The van der Waals surface area contributed by atoms with Gasteiger partial charge in [-0.05, 0) is 80.5 Å². The minimum absolute atomic E-state index is 0.204. The molecule has 4 aromatic rings. The molecule has 1 saturated heterocycles. The molecule has 180 valence electrons. The van der Waals surface area contributed by atoms with Gasteiger partial charge in [0.25, 0.3) is 0 Å². The van der Waals surface area contributed by atoms with Crippen LogP contribution in [-0.2, 0) is 4.74 Å². The summed E-state index contributed by atoms with van der Waals surface area (Å²) < 4.78 is 5.89. The van der Waals surface area contributed by atoms with Gasteiger partial charge in [-0.2, -0.15) is 5.26 Å². The number of ether oxygens (including phenoxy) is 1. The fourth-order valence-electron chi connectivity index (χ4n) is 5.64. The normalized spacial score (nSPS) is 19.9. The number of hydrogen-bond acceptors (Lipinski definition) is 5. The van der Waals surface area contributed by atoms with Crippen molar-refractivity contribution in [3.8, 4) is 28.3 Å². The standard InChI is InChI=1S/C31H30N4O/c1-19-13-22(14-32)7-11-25(19)26-5-4-6-27-30(23-8-9-23)28(16-34-31(26)27)24-10-12-29(33-15-24)35-17-20(2)36-21(3)18-35/h4-7,10-13,15-16,20-21,23H,8-9,17-18H2,1-3H3/t20-,21+. The quantitative estimate of drug-likeness (QED) is 0.332. The molecule has 0 radical (unpaired) electrons. The molecule has 3 heterocycles. The molecule has 5 nitrogen and oxygen atoms in total. The van der Waals surface area contributed by atoms with Crippen molar-refractivity contribution in [2.45, 2.75) is 51.7 Å². The number of rotatable bonds is 4. The number of aryl methyl sites for hydroxylation is 1. The molecule has 2 fully saturated rings. The van der Waals surface area contributed by atoms with E-state index in [1.807, 2.05) is 30.6 Å². The Labute approximate surface area is 212 Å². The van der Waals surface area contributed by atoms with E-state index in [9.17, 15) is 5.26 Å². The molecule has 36 heavy (non-hydrogen) atoms. The molecule has 2 aromatic carbocycles. The largest absolute Gasteiger partial charge is 0.372 e. The molecule has 0 unspecified atom stereocenters. The second kappa shape index (κ2) is 9.04. The van der Waals surface area contributed by atoms with Crippen LogP contribution in [-0.4, -0.2) is 35.3 Å². The van der Waals surface area contributed by atoms with Gasteiger partial charge in [0.15, 0.2) is 0 Å². The first-order valence-electron chi connectivity index (χ1n) is 12.8. The van der Waals surface area contributed by atoms with Crippen molar-refractivity contribution in [1.82, 2.24) is 9.97 Å². The number of aromatic nitrogens is 2. The first-order chi connectivity index (χ1) is 17.5. The van der Waals surface area contributed by atoms with E-state index in [2.05, 4.69) is 62.1 Å². The van der Waals surface area contributed by atoms with Gasteiger partial charge in [-0.25, -0.2) is 4.98 Å². The van der Waals surface area contributed by atoms with Crippen molar-refractivity contribution in [2.24, 2.45) is 0 Å². The molecule has 6 rings (SSSR count). The Morgan fingerprint density at radius 3 is 2.39 bits per heavy atom. The van der Waals surface area contributed by atoms with Crippen LogP contribution in [0.4, 0.5) is 5.82 Å². The van der Waals surface area contributed by atoms with Gasteiger partial charge in [0.1, 0.15) is 5.82 Å². The van der Waals surface area contributed by atoms with E-state index in [1.165, 1.54) is 29.4 Å². The maximum Gasteiger partial charge on any atom is 0.128 e. The molecule has 1 saturated carbocycles. The predicted octanol–water partition coefficient (Wildman–Crippen LogP) is 6.63. The third-order valence-corrected chi connectivity index (χ3v) is 7.37. The summed E-state index contributed by atoms with van der Waals surface area (Å²) >= 11 is 0. The van der Waals surface area contributed by atoms with Crippen LogP contribution < -0.4 is 4.90 Å². The maximum atomic E-state index is 9.28. The zero-order valence-corrected chi connectivity index (χ0v) is 21.0. The van der Waals surface area contributed by atoms with Crippen LogP contribution in [0.5, 0.6) is 0 Å². The molecule has 2 atom stereocenters. The van der Waals surface area contributed by atoms with Gasteiger partial charge in [-0.3, -0.25) is 4.98 Å². The fourth-order valence-corrected chi connectivity index (χ4v) is 5.64. The first kappa shape index (κ1) is 22.7. The molecule has 0 N–H and O–H groups in total. The Hall–Kier alpha value is -3.75. The van der Waals surface area contributed by atoms with Crippen LogP contribution in [0.15, 0.2) is 60.9 Å². The molecule has 2 aliphatic rings. The zero-order valence-electron chi connectivity index (χ0n) is 21.0. The number of anilines is 1. The summed E-state index contributed by atoms with van der Waals surface area (Å²) in [6.45, 7) is 8.02. The van der Waals surface area contributed by atoms with Crippen molar-refractivity contribution < 1.29 is 4.74 Å². The van der Waals surface area contributed by atoms with E-state index in [1.54, 1.807) is 0 Å². The molecule has 0 bridgehead atoms. The van der Waals surface area contributed by atoms with Crippen LogP contribution in [0.3, 0.4) is 0 Å². The summed E-state index contributed by atoms with van der Waals surface area (Å²) in [5, 5.41) is 10.5. The molecule has 1 aliphatic heterocycles. The average molecular weight is 475 g/mol. The SMILES string of the molecule is Cc1cc(C#N)ccc1-c1cccc2c(C3CC3)c(-c3ccc(N4C[C@@H](C)O[C@@H](C)C4)nc3)cnc12. The van der Waals surface area contributed by atoms with Crippen molar-refractivity contribution >= 4 is 16.7 Å². The molecule has 0 amide bonds. The third kappa shape index (κ3) is 4.12. The smallest absolute Gasteiger partial charge is 0.128 e. The minimum atomic E-state index is 0.204. The highest BCUT2D eigenvalue weighted by Gasteiger charge is 2.30. The number of benzene rings is 2. The van der Waals surface area contributed by atoms with Crippen LogP contribution in [0, 0.1) is 18.3 Å². The maximum absolute atomic E-state index is 9.28. The van der Waals surface area contributed by atoms with E-state index in [0.29, 0.717) is 11.5 Å². The fraction of sp³-hybridized carbons (Fsp3) is 0.323. The second-order valence-corrected chi connectivity index (χ2v) is 10.3. The van der Waals surface area contributed by atoms with Crippen molar-refractivity contribution in [2.75, 3.05) is 18.0 Å². The van der Waals surface area contributed by atoms with Crippen LogP contribution in [0.1, 0.15) is 49.3 Å². The molecular weight excluding hydrogens is 444 g/mol. The molecular formula is C31H30N4O. The number of fused-ring (bicyclic) bond motifs is 1. The van der Waals surface area contributed by atoms with Gasteiger partial charge in [0.2, 0.25) is 0 Å². The lowest BCUT2D eigenvalue weighted by atomic mass is 9.91. The van der Waals surface area contributed by atoms with Gasteiger partial charge < -0.3 is 9.64 Å². The highest BCUT2D eigenvalue weighted by atomic mass is 16.5. The van der Waals surface area contributed by atoms with Gasteiger partial charge >= 0.3 is 0 Å². The van der Waals surface area contributed by atoms with Gasteiger partial charge in [-0.1, -0.05) is 24.3 Å². The van der Waals surface area contributed by atoms with E-state index < -0.39 is 0 Å². The summed E-state index contributed by atoms with van der Waals surface area (Å²) in [6, 6.07) is 18.9. The summed E-state index contributed by atoms with van der Waals surface area (Å²) in [7, 11) is 0. The summed E-state index contributed by atoms with van der Waals surface area (Å²) in [4.78, 5) is 12.2. The summed E-state index contributed by atoms with van der Waals surface area (Å²) in [5.41, 5.74) is 8.72. The van der Waals surface area contributed by atoms with Crippen LogP contribution in [0.25, 0.3) is 33.2 Å². The molecule has 1 aliphatic carbocycles. The van der Waals surface area contributed by atoms with Crippen molar-refractivity contribution in [3.63, 3.8) is 0 Å². The second-order valence-electron chi connectivity index (χ2n) is 10.3. The Balaban J connectivity index is 1.42. The monoisotopic (exact) mass is 474 g/mol. The lowest BCUT2D eigenvalue weighted by Gasteiger charge is -2.36.